The van der Waals surface area contributed by atoms with Gasteiger partial charge in [0.05, 0.1) is 11.9 Å². The van der Waals surface area contributed by atoms with Crippen LogP contribution in [-0.2, 0) is 0 Å². The summed E-state index contributed by atoms with van der Waals surface area (Å²) in [6, 6.07) is 5.89. The average molecular weight is 313 g/mol. The summed E-state index contributed by atoms with van der Waals surface area (Å²) in [6.45, 7) is 0. The Morgan fingerprint density at radius 2 is 1.83 bits per heavy atom. The maximum atomic E-state index is 12.9. The van der Waals surface area contributed by atoms with Crippen LogP contribution in [0.1, 0.15) is 10.4 Å². The van der Waals surface area contributed by atoms with Gasteiger partial charge in [0, 0.05) is 11.6 Å². The maximum absolute atomic E-state index is 12.9. The van der Waals surface area contributed by atoms with Crippen molar-refractivity contribution in [1.82, 2.24) is 4.98 Å². The van der Waals surface area contributed by atoms with Gasteiger partial charge in [0.2, 0.25) is 0 Å². The first-order chi connectivity index (χ1) is 8.54. The van der Waals surface area contributed by atoms with Crippen LogP contribution in [0.25, 0.3) is 0 Å². The second-order valence-corrected chi connectivity index (χ2v) is 4.29. The normalized spacial score (nSPS) is 10.2. The molecule has 92 valence electrons. The summed E-state index contributed by atoms with van der Waals surface area (Å²) >= 11 is 3.15. The summed E-state index contributed by atoms with van der Waals surface area (Å²) in [7, 11) is 0. The van der Waals surface area contributed by atoms with Crippen molar-refractivity contribution in [1.29, 1.82) is 0 Å². The van der Waals surface area contributed by atoms with Crippen molar-refractivity contribution in [2.24, 2.45) is 0 Å². The Hall–Kier alpha value is -1.82. The highest BCUT2D eigenvalue weighted by atomic mass is 79.9. The van der Waals surface area contributed by atoms with Crippen LogP contribution in [0.5, 0.6) is 0 Å². The number of amides is 1. The Kier molecular flexibility index (Phi) is 3.66. The van der Waals surface area contributed by atoms with Gasteiger partial charge in [-0.05, 0) is 40.2 Å². The van der Waals surface area contributed by atoms with E-state index in [0.29, 0.717) is 16.4 Å². The van der Waals surface area contributed by atoms with Gasteiger partial charge in [-0.15, -0.1) is 0 Å². The molecule has 18 heavy (non-hydrogen) atoms. The molecule has 1 heterocycles. The molecule has 0 fully saturated rings. The zero-order chi connectivity index (χ0) is 13.1. The lowest BCUT2D eigenvalue weighted by molar-refractivity contribution is 0.102. The van der Waals surface area contributed by atoms with Crippen molar-refractivity contribution in [2.75, 3.05) is 5.32 Å². The average Bonchev–Trinajstić information content (AvgIpc) is 2.31. The van der Waals surface area contributed by atoms with Gasteiger partial charge >= 0.3 is 0 Å². The second-order valence-electron chi connectivity index (χ2n) is 3.48. The lowest BCUT2D eigenvalue weighted by Crippen LogP contribution is -2.12. The number of anilines is 1. The van der Waals surface area contributed by atoms with E-state index in [1.165, 1.54) is 6.20 Å². The van der Waals surface area contributed by atoms with Gasteiger partial charge in [-0.25, -0.2) is 13.8 Å². The molecule has 0 atom stereocenters. The van der Waals surface area contributed by atoms with Crippen LogP contribution < -0.4 is 5.32 Å². The zero-order valence-corrected chi connectivity index (χ0v) is 10.5. The van der Waals surface area contributed by atoms with Crippen molar-refractivity contribution in [3.05, 3.63) is 58.3 Å². The van der Waals surface area contributed by atoms with Crippen molar-refractivity contribution in [2.45, 2.75) is 0 Å². The largest absolute Gasteiger partial charge is 0.321 e. The maximum Gasteiger partial charge on any atom is 0.255 e. The highest BCUT2D eigenvalue weighted by Crippen LogP contribution is 2.13. The van der Waals surface area contributed by atoms with E-state index in [1.54, 1.807) is 12.1 Å². The van der Waals surface area contributed by atoms with Crippen LogP contribution in [0.15, 0.2) is 41.1 Å². The zero-order valence-electron chi connectivity index (χ0n) is 8.95. The van der Waals surface area contributed by atoms with Crippen LogP contribution >= 0.6 is 15.9 Å². The molecule has 0 aliphatic heterocycles. The molecule has 3 nitrogen and oxygen atoms in total. The molecule has 0 spiro atoms. The van der Waals surface area contributed by atoms with E-state index in [1.807, 2.05) is 0 Å². The van der Waals surface area contributed by atoms with Crippen molar-refractivity contribution < 1.29 is 13.6 Å². The number of benzene rings is 1. The molecule has 1 aromatic carbocycles. The summed E-state index contributed by atoms with van der Waals surface area (Å²) in [4.78, 5) is 15.6. The summed E-state index contributed by atoms with van der Waals surface area (Å²) < 4.78 is 26.5. The Balaban J connectivity index is 2.19. The third-order valence-electron chi connectivity index (χ3n) is 2.11. The van der Waals surface area contributed by atoms with Gasteiger partial charge in [-0.1, -0.05) is 0 Å². The van der Waals surface area contributed by atoms with Crippen molar-refractivity contribution >= 4 is 27.5 Å². The third-order valence-corrected chi connectivity index (χ3v) is 2.58. The molecule has 6 heteroatoms. The summed E-state index contributed by atoms with van der Waals surface area (Å²) in [5.41, 5.74) is 0.350. The lowest BCUT2D eigenvalue weighted by atomic mass is 10.2. The molecule has 2 rings (SSSR count). The minimum absolute atomic E-state index is 0.0876. The molecule has 0 radical (unpaired) electrons. The number of pyridine rings is 1. The molecule has 0 unspecified atom stereocenters. The Bertz CT molecular complexity index is 567. The van der Waals surface area contributed by atoms with Crippen LogP contribution in [0.2, 0.25) is 0 Å². The molecular formula is C12H7BrF2N2O. The van der Waals surface area contributed by atoms with E-state index in [4.69, 9.17) is 0 Å². The SMILES string of the molecule is O=C(Nc1ccc(Br)nc1)c1cc(F)cc(F)c1. The molecule has 0 saturated carbocycles. The van der Waals surface area contributed by atoms with Gasteiger partial charge in [-0.2, -0.15) is 0 Å². The summed E-state index contributed by atoms with van der Waals surface area (Å²) in [5, 5.41) is 2.48. The number of carbonyl (C=O) groups excluding carboxylic acids is 1. The number of rotatable bonds is 2. The molecule has 2 aromatic rings. The van der Waals surface area contributed by atoms with Crippen molar-refractivity contribution in [3.8, 4) is 0 Å². The van der Waals surface area contributed by atoms with Gasteiger partial charge in [0.25, 0.3) is 5.91 Å². The Morgan fingerprint density at radius 3 is 2.39 bits per heavy atom. The van der Waals surface area contributed by atoms with Crippen molar-refractivity contribution in [3.63, 3.8) is 0 Å². The molecule has 0 bridgehead atoms. The van der Waals surface area contributed by atoms with Crippen LogP contribution in [0, 0.1) is 11.6 Å². The van der Waals surface area contributed by atoms with E-state index in [2.05, 4.69) is 26.2 Å². The first-order valence-corrected chi connectivity index (χ1v) is 5.73. The molecule has 1 aromatic heterocycles. The summed E-state index contributed by atoms with van der Waals surface area (Å²) in [5.74, 6) is -2.19. The van der Waals surface area contributed by atoms with Crippen LogP contribution in [0.3, 0.4) is 0 Å². The van der Waals surface area contributed by atoms with Gasteiger partial charge in [0.15, 0.2) is 0 Å². The fourth-order valence-electron chi connectivity index (χ4n) is 1.34. The molecule has 1 N–H and O–H groups in total. The monoisotopic (exact) mass is 312 g/mol. The fourth-order valence-corrected chi connectivity index (χ4v) is 1.57. The predicted molar refractivity (Wildman–Crippen MR) is 66.2 cm³/mol. The molecule has 0 saturated heterocycles. The van der Waals surface area contributed by atoms with Gasteiger partial charge in [-0.3, -0.25) is 4.79 Å². The van der Waals surface area contributed by atoms with E-state index in [-0.39, 0.29) is 5.56 Å². The fraction of sp³-hybridized carbons (Fsp3) is 0. The van der Waals surface area contributed by atoms with E-state index < -0.39 is 17.5 Å². The number of hydrogen-bond donors (Lipinski definition) is 1. The molecule has 0 aliphatic carbocycles. The highest BCUT2D eigenvalue weighted by molar-refractivity contribution is 9.10. The molecule has 0 aliphatic rings. The number of halogens is 3. The number of carbonyl (C=O) groups is 1. The topological polar surface area (TPSA) is 42.0 Å². The predicted octanol–water partition coefficient (Wildman–Crippen LogP) is 3.37. The van der Waals surface area contributed by atoms with E-state index >= 15 is 0 Å². The Labute approximate surface area is 110 Å². The first-order valence-electron chi connectivity index (χ1n) is 4.93. The standard InChI is InChI=1S/C12H7BrF2N2O/c13-11-2-1-10(6-16-11)17-12(18)7-3-8(14)5-9(15)4-7/h1-6H,(H,17,18). The van der Waals surface area contributed by atoms with Gasteiger partial charge in [0.1, 0.15) is 16.2 Å². The van der Waals surface area contributed by atoms with Gasteiger partial charge < -0.3 is 5.32 Å². The number of nitrogens with one attached hydrogen (secondary N) is 1. The van der Waals surface area contributed by atoms with E-state index in [9.17, 15) is 13.6 Å². The summed E-state index contributed by atoms with van der Waals surface area (Å²) in [6.07, 6.45) is 1.43. The van der Waals surface area contributed by atoms with E-state index in [0.717, 1.165) is 12.1 Å². The highest BCUT2D eigenvalue weighted by Gasteiger charge is 2.09. The number of aromatic nitrogens is 1. The molecular weight excluding hydrogens is 306 g/mol. The van der Waals surface area contributed by atoms with Crippen LogP contribution in [-0.4, -0.2) is 10.9 Å². The quantitative estimate of drug-likeness (QED) is 0.864. The van der Waals surface area contributed by atoms with Crippen LogP contribution in [0.4, 0.5) is 14.5 Å². The Morgan fingerprint density at radius 1 is 1.17 bits per heavy atom. The minimum atomic E-state index is -0.797. The number of nitrogens with zero attached hydrogens (tertiary/aromatic N) is 1. The number of hydrogen-bond acceptors (Lipinski definition) is 2. The second kappa shape index (κ2) is 5.22. The smallest absolute Gasteiger partial charge is 0.255 e. The lowest BCUT2D eigenvalue weighted by Gasteiger charge is -2.05. The molecule has 1 amide bonds. The first kappa shape index (κ1) is 12.6. The third kappa shape index (κ3) is 3.10. The minimum Gasteiger partial charge on any atom is -0.321 e.